The number of hydrogen-bond acceptors (Lipinski definition) is 3. The van der Waals surface area contributed by atoms with Gasteiger partial charge in [-0.25, -0.2) is 4.52 Å². The van der Waals surface area contributed by atoms with Crippen molar-refractivity contribution in [1.29, 1.82) is 5.26 Å². The van der Waals surface area contributed by atoms with Crippen molar-refractivity contribution < 1.29 is 4.79 Å². The van der Waals surface area contributed by atoms with Crippen molar-refractivity contribution in [3.63, 3.8) is 0 Å². The van der Waals surface area contributed by atoms with Crippen LogP contribution in [-0.4, -0.2) is 20.5 Å². The van der Waals surface area contributed by atoms with Crippen LogP contribution in [0, 0.1) is 11.3 Å². The first kappa shape index (κ1) is 7.55. The Hall–Kier alpha value is -2.09. The van der Waals surface area contributed by atoms with Crippen LogP contribution < -0.4 is 0 Å². The van der Waals surface area contributed by atoms with Gasteiger partial charge in [0.15, 0.2) is 6.29 Å². The number of aromatic nitrogens is 3. The second kappa shape index (κ2) is 2.75. The fourth-order valence-corrected chi connectivity index (χ4v) is 1.21. The largest absolute Gasteiger partial charge is 0.318 e. The van der Waals surface area contributed by atoms with E-state index in [9.17, 15) is 4.79 Å². The van der Waals surface area contributed by atoms with E-state index in [0.29, 0.717) is 12.0 Å². The second-order valence-electron chi connectivity index (χ2n) is 2.57. The van der Waals surface area contributed by atoms with E-state index in [1.165, 1.54) is 0 Å². The van der Waals surface area contributed by atoms with Crippen LogP contribution in [0.5, 0.6) is 0 Å². The van der Waals surface area contributed by atoms with Gasteiger partial charge in [-0.1, -0.05) is 0 Å². The lowest BCUT2D eigenvalue weighted by molar-refractivity contribution is 0.111. The van der Waals surface area contributed by atoms with Crippen LogP contribution in [0.25, 0.3) is 5.65 Å². The Labute approximate surface area is 73.8 Å². The van der Waals surface area contributed by atoms with Gasteiger partial charge < -0.3 is 4.57 Å². The molecule has 0 fully saturated rings. The molecule has 5 nitrogen and oxygen atoms in total. The van der Waals surface area contributed by atoms with E-state index in [0.717, 1.165) is 5.65 Å². The zero-order chi connectivity index (χ0) is 9.26. The third-order valence-corrected chi connectivity index (χ3v) is 1.78. The molecule has 5 heteroatoms. The Morgan fingerprint density at radius 1 is 1.62 bits per heavy atom. The minimum absolute atomic E-state index is 0.264. The number of hydrogen-bond donors (Lipinski definition) is 0. The first-order valence-electron chi connectivity index (χ1n) is 3.72. The van der Waals surface area contributed by atoms with Crippen molar-refractivity contribution in [2.45, 2.75) is 6.54 Å². The summed E-state index contributed by atoms with van der Waals surface area (Å²) in [5, 5.41) is 12.4. The Morgan fingerprint density at radius 2 is 2.46 bits per heavy atom. The van der Waals surface area contributed by atoms with Crippen LogP contribution in [0.4, 0.5) is 0 Å². The molecule has 0 aliphatic carbocycles. The number of nitriles is 1. The van der Waals surface area contributed by atoms with E-state index in [2.05, 4.69) is 5.10 Å². The maximum atomic E-state index is 10.4. The van der Waals surface area contributed by atoms with Crippen molar-refractivity contribution in [1.82, 2.24) is 14.2 Å². The SMILES string of the molecule is N#CCn1ccn2nc(C=O)cc12. The van der Waals surface area contributed by atoms with Gasteiger partial charge in [-0.2, -0.15) is 10.4 Å². The molecule has 0 saturated heterocycles. The molecule has 0 amide bonds. The summed E-state index contributed by atoms with van der Waals surface area (Å²) in [5.74, 6) is 0. The molecule has 2 rings (SSSR count). The van der Waals surface area contributed by atoms with Crippen molar-refractivity contribution in [2.75, 3.05) is 0 Å². The number of carbonyl (C=O) groups is 1. The lowest BCUT2D eigenvalue weighted by Gasteiger charge is -1.91. The summed E-state index contributed by atoms with van der Waals surface area (Å²) in [6.07, 6.45) is 4.14. The van der Waals surface area contributed by atoms with E-state index in [4.69, 9.17) is 5.26 Å². The molecule has 0 radical (unpaired) electrons. The molecular weight excluding hydrogens is 168 g/mol. The average Bonchev–Trinajstić information content (AvgIpc) is 2.67. The summed E-state index contributed by atoms with van der Waals surface area (Å²) >= 11 is 0. The number of fused-ring (bicyclic) bond motifs is 1. The van der Waals surface area contributed by atoms with Gasteiger partial charge in [0.1, 0.15) is 17.9 Å². The standard InChI is InChI=1S/C8H6N4O/c9-1-2-11-3-4-12-8(11)5-7(6-13)10-12/h3-6H,2H2. The lowest BCUT2D eigenvalue weighted by Crippen LogP contribution is -1.92. The summed E-state index contributed by atoms with van der Waals surface area (Å²) in [4.78, 5) is 10.4. The molecule has 0 N–H and O–H groups in total. The topological polar surface area (TPSA) is 63.1 Å². The molecule has 2 aromatic heterocycles. The van der Waals surface area contributed by atoms with Gasteiger partial charge in [0.05, 0.1) is 6.07 Å². The first-order chi connectivity index (χ1) is 6.35. The minimum Gasteiger partial charge on any atom is -0.318 e. The molecule has 0 aliphatic heterocycles. The molecule has 0 unspecified atom stereocenters. The lowest BCUT2D eigenvalue weighted by atomic mass is 10.5. The zero-order valence-corrected chi connectivity index (χ0v) is 6.71. The van der Waals surface area contributed by atoms with Gasteiger partial charge >= 0.3 is 0 Å². The number of rotatable bonds is 2. The van der Waals surface area contributed by atoms with Crippen molar-refractivity contribution >= 4 is 11.9 Å². The maximum absolute atomic E-state index is 10.4. The Balaban J connectivity index is 2.59. The molecule has 0 aromatic carbocycles. The zero-order valence-electron chi connectivity index (χ0n) is 6.71. The smallest absolute Gasteiger partial charge is 0.170 e. The van der Waals surface area contributed by atoms with Crippen LogP contribution in [-0.2, 0) is 6.54 Å². The molecule has 64 valence electrons. The number of imidazole rings is 1. The van der Waals surface area contributed by atoms with E-state index in [1.807, 2.05) is 6.07 Å². The van der Waals surface area contributed by atoms with Crippen LogP contribution in [0.3, 0.4) is 0 Å². The molecule has 13 heavy (non-hydrogen) atoms. The van der Waals surface area contributed by atoms with Crippen molar-refractivity contribution in [2.24, 2.45) is 0 Å². The molecule has 2 heterocycles. The van der Waals surface area contributed by atoms with Gasteiger partial charge in [0.2, 0.25) is 0 Å². The highest BCUT2D eigenvalue weighted by Crippen LogP contribution is 2.06. The fourth-order valence-electron chi connectivity index (χ4n) is 1.21. The van der Waals surface area contributed by atoms with Crippen LogP contribution in [0.1, 0.15) is 10.5 Å². The predicted molar refractivity (Wildman–Crippen MR) is 44.2 cm³/mol. The van der Waals surface area contributed by atoms with Gasteiger partial charge in [-0.3, -0.25) is 4.79 Å². The Morgan fingerprint density at radius 3 is 3.15 bits per heavy atom. The van der Waals surface area contributed by atoms with E-state index >= 15 is 0 Å². The molecule has 0 atom stereocenters. The molecule has 0 spiro atoms. The number of aldehydes is 1. The van der Waals surface area contributed by atoms with Gasteiger partial charge in [-0.05, 0) is 0 Å². The summed E-state index contributed by atoms with van der Waals surface area (Å²) in [7, 11) is 0. The third-order valence-electron chi connectivity index (χ3n) is 1.78. The first-order valence-corrected chi connectivity index (χ1v) is 3.72. The van der Waals surface area contributed by atoms with E-state index in [-0.39, 0.29) is 6.54 Å². The predicted octanol–water partition coefficient (Wildman–Crippen LogP) is 0.472. The third kappa shape index (κ3) is 1.08. The minimum atomic E-state index is 0.264. The van der Waals surface area contributed by atoms with Gasteiger partial charge in [-0.15, -0.1) is 0 Å². The van der Waals surface area contributed by atoms with Gasteiger partial charge in [0, 0.05) is 18.5 Å². The molecular formula is C8H6N4O. The highest BCUT2D eigenvalue weighted by Gasteiger charge is 2.04. The fraction of sp³-hybridized carbons (Fsp3) is 0.125. The second-order valence-corrected chi connectivity index (χ2v) is 2.57. The maximum Gasteiger partial charge on any atom is 0.170 e. The molecule has 2 aromatic rings. The summed E-state index contributed by atoms with van der Waals surface area (Å²) in [5.41, 5.74) is 1.13. The number of carbonyl (C=O) groups excluding carboxylic acids is 1. The monoisotopic (exact) mass is 174 g/mol. The summed E-state index contributed by atoms with van der Waals surface area (Å²) in [6.45, 7) is 0.264. The van der Waals surface area contributed by atoms with Crippen LogP contribution >= 0.6 is 0 Å². The summed E-state index contributed by atoms with van der Waals surface area (Å²) in [6, 6.07) is 3.67. The quantitative estimate of drug-likeness (QED) is 0.622. The van der Waals surface area contributed by atoms with Crippen molar-refractivity contribution in [3.8, 4) is 6.07 Å². The normalized spacial score (nSPS) is 10.1. The van der Waals surface area contributed by atoms with Crippen LogP contribution in [0.2, 0.25) is 0 Å². The molecule has 0 saturated carbocycles. The van der Waals surface area contributed by atoms with Crippen molar-refractivity contribution in [3.05, 3.63) is 24.2 Å². The van der Waals surface area contributed by atoms with Gasteiger partial charge in [0.25, 0.3) is 0 Å². The highest BCUT2D eigenvalue weighted by molar-refractivity contribution is 5.74. The van der Waals surface area contributed by atoms with Crippen LogP contribution in [0.15, 0.2) is 18.5 Å². The molecule has 0 aliphatic rings. The summed E-state index contributed by atoms with van der Waals surface area (Å²) < 4.78 is 3.29. The highest BCUT2D eigenvalue weighted by atomic mass is 16.1. The average molecular weight is 174 g/mol. The van der Waals surface area contributed by atoms with E-state index < -0.39 is 0 Å². The molecule has 0 bridgehead atoms. The van der Waals surface area contributed by atoms with E-state index in [1.54, 1.807) is 27.5 Å². The Bertz CT molecular complexity index is 488. The number of nitrogens with zero attached hydrogens (tertiary/aromatic N) is 4. The Kier molecular flexibility index (Phi) is 1.60.